The van der Waals surface area contributed by atoms with E-state index in [-0.39, 0.29) is 5.56 Å². The Hall–Kier alpha value is -2.30. The summed E-state index contributed by atoms with van der Waals surface area (Å²) in [5.74, 6) is -0.510. The SMILES string of the molecule is Cc1nc(-c2ccncc2)ncc1C(=O)O. The molecule has 0 spiro atoms. The van der Waals surface area contributed by atoms with Crippen LogP contribution in [0.15, 0.2) is 30.7 Å². The van der Waals surface area contributed by atoms with Crippen molar-refractivity contribution in [3.8, 4) is 11.4 Å². The van der Waals surface area contributed by atoms with Crippen LogP contribution in [0.2, 0.25) is 0 Å². The second-order valence-electron chi connectivity index (χ2n) is 3.23. The first-order valence-electron chi connectivity index (χ1n) is 4.66. The van der Waals surface area contributed by atoms with Gasteiger partial charge in [0.25, 0.3) is 0 Å². The van der Waals surface area contributed by atoms with E-state index in [0.717, 1.165) is 5.56 Å². The summed E-state index contributed by atoms with van der Waals surface area (Å²) in [6.45, 7) is 1.65. The van der Waals surface area contributed by atoms with E-state index in [2.05, 4.69) is 15.0 Å². The number of aromatic carboxylic acids is 1. The predicted octanol–water partition coefficient (Wildman–Crippen LogP) is 1.55. The number of rotatable bonds is 2. The van der Waals surface area contributed by atoms with Gasteiger partial charge in [0, 0.05) is 24.2 Å². The van der Waals surface area contributed by atoms with Crippen molar-refractivity contribution in [2.24, 2.45) is 0 Å². The molecule has 1 N–H and O–H groups in total. The van der Waals surface area contributed by atoms with Crippen molar-refractivity contribution in [2.75, 3.05) is 0 Å². The van der Waals surface area contributed by atoms with Gasteiger partial charge in [-0.1, -0.05) is 0 Å². The van der Waals surface area contributed by atoms with Crippen molar-refractivity contribution in [3.63, 3.8) is 0 Å². The Morgan fingerprint density at radius 1 is 1.31 bits per heavy atom. The molecule has 0 aromatic carbocycles. The van der Waals surface area contributed by atoms with Crippen LogP contribution in [0.1, 0.15) is 16.1 Å². The first-order valence-corrected chi connectivity index (χ1v) is 4.66. The van der Waals surface area contributed by atoms with E-state index in [4.69, 9.17) is 5.11 Å². The van der Waals surface area contributed by atoms with Crippen molar-refractivity contribution < 1.29 is 9.90 Å². The van der Waals surface area contributed by atoms with Crippen molar-refractivity contribution in [1.82, 2.24) is 15.0 Å². The quantitative estimate of drug-likeness (QED) is 0.822. The molecule has 0 amide bonds. The molecule has 0 saturated heterocycles. The van der Waals surface area contributed by atoms with Crippen LogP contribution < -0.4 is 0 Å². The molecular formula is C11H9N3O2. The van der Waals surface area contributed by atoms with Gasteiger partial charge in [0.2, 0.25) is 0 Å². The highest BCUT2D eigenvalue weighted by Crippen LogP contribution is 2.14. The third kappa shape index (κ3) is 1.88. The summed E-state index contributed by atoms with van der Waals surface area (Å²) >= 11 is 0. The van der Waals surface area contributed by atoms with Gasteiger partial charge in [0.1, 0.15) is 0 Å². The molecular weight excluding hydrogens is 206 g/mol. The van der Waals surface area contributed by atoms with E-state index in [9.17, 15) is 4.79 Å². The summed E-state index contributed by atoms with van der Waals surface area (Å²) in [5.41, 5.74) is 1.39. The lowest BCUT2D eigenvalue weighted by Gasteiger charge is -2.03. The van der Waals surface area contributed by atoms with Crippen LogP contribution in [0.4, 0.5) is 0 Å². The van der Waals surface area contributed by atoms with E-state index < -0.39 is 5.97 Å². The van der Waals surface area contributed by atoms with Crippen LogP contribution in [0.5, 0.6) is 0 Å². The molecule has 80 valence electrons. The molecule has 0 aliphatic carbocycles. The van der Waals surface area contributed by atoms with Crippen molar-refractivity contribution >= 4 is 5.97 Å². The summed E-state index contributed by atoms with van der Waals surface area (Å²) in [6, 6.07) is 3.55. The number of aromatic nitrogens is 3. The molecule has 5 nitrogen and oxygen atoms in total. The number of carbonyl (C=O) groups is 1. The fourth-order valence-corrected chi connectivity index (χ4v) is 1.32. The minimum atomic E-state index is -1.02. The van der Waals surface area contributed by atoms with Gasteiger partial charge in [-0.05, 0) is 19.1 Å². The van der Waals surface area contributed by atoms with Crippen LogP contribution in [0.3, 0.4) is 0 Å². The maximum atomic E-state index is 10.8. The van der Waals surface area contributed by atoms with Gasteiger partial charge >= 0.3 is 5.97 Å². The second kappa shape index (κ2) is 4.06. The molecule has 2 aromatic heterocycles. The number of carboxylic acids is 1. The molecule has 0 bridgehead atoms. The molecule has 5 heteroatoms. The van der Waals surface area contributed by atoms with Crippen LogP contribution in [0.25, 0.3) is 11.4 Å². The molecule has 0 fully saturated rings. The van der Waals surface area contributed by atoms with Crippen LogP contribution in [-0.2, 0) is 0 Å². The maximum absolute atomic E-state index is 10.8. The van der Waals surface area contributed by atoms with Crippen molar-refractivity contribution in [2.45, 2.75) is 6.92 Å². The smallest absolute Gasteiger partial charge is 0.339 e. The number of carboxylic acid groups (broad SMARTS) is 1. The highest BCUT2D eigenvalue weighted by molar-refractivity contribution is 5.88. The number of aryl methyl sites for hydroxylation is 1. The van der Waals surface area contributed by atoms with Gasteiger partial charge in [0.05, 0.1) is 11.3 Å². The number of nitrogens with zero attached hydrogens (tertiary/aromatic N) is 3. The molecule has 2 rings (SSSR count). The van der Waals surface area contributed by atoms with E-state index in [1.54, 1.807) is 31.5 Å². The topological polar surface area (TPSA) is 76.0 Å². The van der Waals surface area contributed by atoms with Crippen LogP contribution in [-0.4, -0.2) is 26.0 Å². The summed E-state index contributed by atoms with van der Waals surface area (Å²) in [4.78, 5) is 22.8. The largest absolute Gasteiger partial charge is 0.478 e. The minimum Gasteiger partial charge on any atom is -0.478 e. The molecule has 0 aliphatic heterocycles. The van der Waals surface area contributed by atoms with E-state index >= 15 is 0 Å². The second-order valence-corrected chi connectivity index (χ2v) is 3.23. The zero-order chi connectivity index (χ0) is 11.5. The summed E-state index contributed by atoms with van der Waals surface area (Å²) in [7, 11) is 0. The average molecular weight is 215 g/mol. The Balaban J connectivity index is 2.46. The Morgan fingerprint density at radius 3 is 2.56 bits per heavy atom. The molecule has 0 unspecified atom stereocenters. The molecule has 2 heterocycles. The van der Waals surface area contributed by atoms with Gasteiger partial charge in [-0.2, -0.15) is 0 Å². The fourth-order valence-electron chi connectivity index (χ4n) is 1.32. The van der Waals surface area contributed by atoms with Gasteiger partial charge in [-0.3, -0.25) is 4.98 Å². The normalized spacial score (nSPS) is 10.1. The molecule has 16 heavy (non-hydrogen) atoms. The molecule has 2 aromatic rings. The Bertz CT molecular complexity index is 526. The van der Waals surface area contributed by atoms with Gasteiger partial charge < -0.3 is 5.11 Å². The monoisotopic (exact) mass is 215 g/mol. The average Bonchev–Trinajstić information content (AvgIpc) is 2.29. The summed E-state index contributed by atoms with van der Waals surface area (Å²) < 4.78 is 0. The number of pyridine rings is 1. The predicted molar refractivity (Wildman–Crippen MR) is 57.0 cm³/mol. The lowest BCUT2D eigenvalue weighted by Crippen LogP contribution is -2.04. The lowest BCUT2D eigenvalue weighted by molar-refractivity contribution is 0.0695. The Labute approximate surface area is 91.8 Å². The zero-order valence-electron chi connectivity index (χ0n) is 8.58. The first kappa shape index (κ1) is 10.2. The third-order valence-electron chi connectivity index (χ3n) is 2.15. The lowest BCUT2D eigenvalue weighted by atomic mass is 10.2. The van der Waals surface area contributed by atoms with Gasteiger partial charge in [-0.25, -0.2) is 14.8 Å². The van der Waals surface area contributed by atoms with Gasteiger partial charge in [-0.15, -0.1) is 0 Å². The maximum Gasteiger partial charge on any atom is 0.339 e. The highest BCUT2D eigenvalue weighted by atomic mass is 16.4. The van der Waals surface area contributed by atoms with E-state index in [0.29, 0.717) is 11.5 Å². The van der Waals surface area contributed by atoms with Gasteiger partial charge in [0.15, 0.2) is 5.82 Å². The Morgan fingerprint density at radius 2 is 2.00 bits per heavy atom. The number of hydrogen-bond donors (Lipinski definition) is 1. The standard InChI is InChI=1S/C11H9N3O2/c1-7-9(11(15)16)6-13-10(14-7)8-2-4-12-5-3-8/h2-6H,1H3,(H,15,16). The highest BCUT2D eigenvalue weighted by Gasteiger charge is 2.10. The van der Waals surface area contributed by atoms with E-state index in [1.807, 2.05) is 0 Å². The fraction of sp³-hybridized carbons (Fsp3) is 0.0909. The first-order chi connectivity index (χ1) is 7.68. The summed E-state index contributed by atoms with van der Waals surface area (Å²) in [5, 5.41) is 8.84. The third-order valence-corrected chi connectivity index (χ3v) is 2.15. The Kier molecular flexibility index (Phi) is 2.59. The van der Waals surface area contributed by atoms with E-state index in [1.165, 1.54) is 6.20 Å². The molecule has 0 atom stereocenters. The molecule has 0 radical (unpaired) electrons. The van der Waals surface area contributed by atoms with Crippen LogP contribution >= 0.6 is 0 Å². The molecule has 0 aliphatic rings. The van der Waals surface area contributed by atoms with Crippen molar-refractivity contribution in [3.05, 3.63) is 42.0 Å². The summed E-state index contributed by atoms with van der Waals surface area (Å²) in [6.07, 6.45) is 4.60. The van der Waals surface area contributed by atoms with Crippen LogP contribution in [0, 0.1) is 6.92 Å². The number of hydrogen-bond acceptors (Lipinski definition) is 4. The molecule has 0 saturated carbocycles. The minimum absolute atomic E-state index is 0.123. The zero-order valence-corrected chi connectivity index (χ0v) is 8.58. The van der Waals surface area contributed by atoms with Crippen molar-refractivity contribution in [1.29, 1.82) is 0 Å².